The second-order valence-electron chi connectivity index (χ2n) is 11.2. The topological polar surface area (TPSA) is 66.9 Å². The third kappa shape index (κ3) is 4.65. The van der Waals surface area contributed by atoms with Crippen LogP contribution in [-0.2, 0) is 0 Å². The number of azo groups is 1. The van der Waals surface area contributed by atoms with Gasteiger partial charge < -0.3 is 10.6 Å². The Hall–Kier alpha value is -5.81. The first-order chi connectivity index (χ1) is 21.7. The van der Waals surface area contributed by atoms with E-state index in [0.717, 1.165) is 38.9 Å². The first-order valence-electron chi connectivity index (χ1n) is 14.8. The molecule has 210 valence electrons. The molecule has 44 heavy (non-hydrogen) atoms. The highest BCUT2D eigenvalue weighted by molar-refractivity contribution is 5.85. The molecular weight excluding hydrogens is 538 g/mol. The predicted octanol–water partition coefficient (Wildman–Crippen LogP) is 10.2. The highest BCUT2D eigenvalue weighted by Crippen LogP contribution is 2.49. The molecule has 2 atom stereocenters. The molecule has 1 aromatic heterocycles. The Bertz CT molecular complexity index is 2090. The Balaban J connectivity index is 1.03. The van der Waals surface area contributed by atoms with Gasteiger partial charge in [0.1, 0.15) is 5.69 Å². The maximum Gasteiger partial charge on any atom is 0.109 e. The third-order valence-electron chi connectivity index (χ3n) is 8.51. The van der Waals surface area contributed by atoms with Crippen LogP contribution in [0.2, 0.25) is 0 Å². The van der Waals surface area contributed by atoms with Crippen LogP contribution in [0, 0.1) is 0 Å². The van der Waals surface area contributed by atoms with Crippen molar-refractivity contribution < 1.29 is 0 Å². The van der Waals surface area contributed by atoms with Crippen molar-refractivity contribution >= 4 is 44.9 Å². The van der Waals surface area contributed by atoms with Crippen LogP contribution < -0.4 is 10.6 Å². The average molecular weight is 568 g/mol. The summed E-state index contributed by atoms with van der Waals surface area (Å²) in [5, 5.41) is 10.1. The molecule has 0 saturated heterocycles. The zero-order chi connectivity index (χ0) is 29.5. The molecule has 5 aromatic carbocycles. The Morgan fingerprint density at radius 2 is 1.45 bits per heavy atom. The number of pyridine rings is 1. The van der Waals surface area contributed by atoms with Crippen LogP contribution in [0.4, 0.5) is 28.4 Å². The van der Waals surface area contributed by atoms with Crippen LogP contribution in [0.3, 0.4) is 0 Å². The van der Waals surface area contributed by atoms with Crippen LogP contribution in [-0.4, -0.2) is 11.0 Å². The molecule has 5 heteroatoms. The molecule has 1 aliphatic carbocycles. The van der Waals surface area contributed by atoms with E-state index in [1.807, 2.05) is 60.8 Å². The van der Waals surface area contributed by atoms with Gasteiger partial charge in [-0.1, -0.05) is 91.0 Å². The van der Waals surface area contributed by atoms with Crippen LogP contribution >= 0.6 is 0 Å². The van der Waals surface area contributed by atoms with Crippen molar-refractivity contribution in [1.29, 1.82) is 0 Å². The molecule has 0 fully saturated rings. The summed E-state index contributed by atoms with van der Waals surface area (Å²) in [6.07, 6.45) is 8.81. The molecule has 1 aliphatic heterocycles. The van der Waals surface area contributed by atoms with Gasteiger partial charge in [0.25, 0.3) is 0 Å². The number of aromatic nitrogens is 1. The predicted molar refractivity (Wildman–Crippen MR) is 181 cm³/mol. The molecule has 2 N–H and O–H groups in total. The number of nitrogens with two attached hydrogens (primary N) is 1. The van der Waals surface area contributed by atoms with Gasteiger partial charge in [-0.25, -0.2) is 0 Å². The summed E-state index contributed by atoms with van der Waals surface area (Å²) in [6, 6.07) is 43.8. The van der Waals surface area contributed by atoms with E-state index >= 15 is 0 Å². The number of hydrogen-bond donors (Lipinski definition) is 1. The van der Waals surface area contributed by atoms with Gasteiger partial charge in [0.15, 0.2) is 0 Å². The fourth-order valence-corrected chi connectivity index (χ4v) is 6.32. The zero-order valence-corrected chi connectivity index (χ0v) is 24.0. The van der Waals surface area contributed by atoms with Gasteiger partial charge in [-0.15, -0.1) is 5.11 Å². The quantitative estimate of drug-likeness (QED) is 0.166. The SMILES string of the molecule is Nc1cc(C2=CC3C(C=C2)c2ccccc2N3c2ccccc2)ccc1N=Nc1ccc(-c2cnc3ccccc3c2)cc1. The van der Waals surface area contributed by atoms with Crippen LogP contribution in [0.15, 0.2) is 162 Å². The lowest BCUT2D eigenvalue weighted by atomic mass is 9.86. The summed E-state index contributed by atoms with van der Waals surface area (Å²) in [4.78, 5) is 7.02. The number of nitrogen functional groups attached to an aromatic ring is 1. The Labute approximate surface area is 256 Å². The fraction of sp³-hybridized carbons (Fsp3) is 0.0513. The maximum absolute atomic E-state index is 6.51. The number of fused-ring (bicyclic) bond motifs is 4. The van der Waals surface area contributed by atoms with Gasteiger partial charge in [-0.3, -0.25) is 4.98 Å². The summed E-state index contributed by atoms with van der Waals surface area (Å²) < 4.78 is 0. The smallest absolute Gasteiger partial charge is 0.109 e. The van der Waals surface area contributed by atoms with E-state index in [0.29, 0.717) is 17.3 Å². The monoisotopic (exact) mass is 567 g/mol. The van der Waals surface area contributed by atoms with Crippen molar-refractivity contribution in [2.24, 2.45) is 10.2 Å². The van der Waals surface area contributed by atoms with E-state index in [1.54, 1.807) is 0 Å². The van der Waals surface area contributed by atoms with E-state index in [1.165, 1.54) is 16.9 Å². The van der Waals surface area contributed by atoms with Gasteiger partial charge in [0.05, 0.1) is 22.9 Å². The average Bonchev–Trinajstić information content (AvgIpc) is 3.42. The van der Waals surface area contributed by atoms with E-state index in [2.05, 4.69) is 111 Å². The summed E-state index contributed by atoms with van der Waals surface area (Å²) >= 11 is 0. The van der Waals surface area contributed by atoms with Crippen molar-refractivity contribution in [3.8, 4) is 11.1 Å². The van der Waals surface area contributed by atoms with Crippen molar-refractivity contribution in [2.45, 2.75) is 12.0 Å². The first kappa shape index (κ1) is 25.9. The number of rotatable bonds is 5. The minimum absolute atomic E-state index is 0.184. The molecule has 2 aliphatic rings. The van der Waals surface area contributed by atoms with Crippen molar-refractivity contribution in [3.63, 3.8) is 0 Å². The van der Waals surface area contributed by atoms with Crippen LogP contribution in [0.1, 0.15) is 17.0 Å². The summed E-state index contributed by atoms with van der Waals surface area (Å²) in [6.45, 7) is 0. The standard InChI is InChI=1S/C39H29N5/c40-35-23-27(28-16-20-34-33-11-5-7-13-38(33)44(39(34)24-28)32-9-2-1-3-10-32)17-21-37(35)43-42-31-18-14-26(15-19-31)30-22-29-8-4-6-12-36(29)41-25-30/h1-25,34,39H,40H2. The fourth-order valence-electron chi connectivity index (χ4n) is 6.32. The Morgan fingerprint density at radius 1 is 0.682 bits per heavy atom. The molecule has 0 amide bonds. The molecule has 6 aromatic rings. The highest BCUT2D eigenvalue weighted by atomic mass is 15.2. The number of anilines is 3. The highest BCUT2D eigenvalue weighted by Gasteiger charge is 2.38. The molecule has 5 nitrogen and oxygen atoms in total. The molecule has 2 heterocycles. The minimum Gasteiger partial charge on any atom is -0.397 e. The first-order valence-corrected chi connectivity index (χ1v) is 14.8. The number of allylic oxidation sites excluding steroid dienone is 2. The normalized spacial score (nSPS) is 17.1. The number of benzene rings is 5. The van der Waals surface area contributed by atoms with Crippen molar-refractivity contribution in [2.75, 3.05) is 10.6 Å². The summed E-state index contributed by atoms with van der Waals surface area (Å²) in [5.74, 6) is 0.296. The van der Waals surface area contributed by atoms with Crippen LogP contribution in [0.5, 0.6) is 0 Å². The number of hydrogen-bond acceptors (Lipinski definition) is 5. The molecular formula is C39H29N5. The zero-order valence-electron chi connectivity index (χ0n) is 24.0. The van der Waals surface area contributed by atoms with E-state index < -0.39 is 0 Å². The lowest BCUT2D eigenvalue weighted by Gasteiger charge is -2.30. The number of para-hydroxylation sites is 3. The lowest BCUT2D eigenvalue weighted by molar-refractivity contribution is 0.747. The third-order valence-corrected chi connectivity index (χ3v) is 8.51. The molecule has 8 rings (SSSR count). The van der Waals surface area contributed by atoms with E-state index in [4.69, 9.17) is 5.73 Å². The summed E-state index contributed by atoms with van der Waals surface area (Å²) in [7, 11) is 0. The summed E-state index contributed by atoms with van der Waals surface area (Å²) in [5.41, 5.74) is 17.7. The van der Waals surface area contributed by atoms with E-state index in [9.17, 15) is 0 Å². The van der Waals surface area contributed by atoms with Crippen LogP contribution in [0.25, 0.3) is 27.6 Å². The maximum atomic E-state index is 6.51. The van der Waals surface area contributed by atoms with Gasteiger partial charge in [-0.2, -0.15) is 5.11 Å². The van der Waals surface area contributed by atoms with E-state index in [-0.39, 0.29) is 6.04 Å². The minimum atomic E-state index is 0.184. The lowest BCUT2D eigenvalue weighted by Crippen LogP contribution is -2.29. The second kappa shape index (κ2) is 10.8. The molecule has 0 bridgehead atoms. The van der Waals surface area contributed by atoms with Crippen molar-refractivity contribution in [1.82, 2.24) is 4.98 Å². The van der Waals surface area contributed by atoms with Gasteiger partial charge in [-0.05, 0) is 76.9 Å². The number of nitrogens with zero attached hydrogens (tertiary/aromatic N) is 4. The molecule has 0 saturated carbocycles. The molecule has 0 spiro atoms. The van der Waals surface area contributed by atoms with Crippen molar-refractivity contribution in [3.05, 3.63) is 163 Å². The largest absolute Gasteiger partial charge is 0.397 e. The van der Waals surface area contributed by atoms with Gasteiger partial charge in [0, 0.05) is 34.4 Å². The second-order valence-corrected chi connectivity index (χ2v) is 11.2. The molecule has 0 radical (unpaired) electrons. The van der Waals surface area contributed by atoms with Gasteiger partial charge in [0.2, 0.25) is 0 Å². The Morgan fingerprint density at radius 3 is 2.32 bits per heavy atom. The Kier molecular flexibility index (Phi) is 6.34. The molecule has 2 unspecified atom stereocenters. The van der Waals surface area contributed by atoms with Gasteiger partial charge >= 0.3 is 0 Å².